The van der Waals surface area contributed by atoms with E-state index in [-0.39, 0.29) is 5.69 Å². The molecule has 37 heavy (non-hydrogen) atoms. The molecule has 0 saturated carbocycles. The summed E-state index contributed by atoms with van der Waals surface area (Å²) in [4.78, 5) is 23.4. The second-order valence-electron chi connectivity index (χ2n) is 8.62. The van der Waals surface area contributed by atoms with E-state index in [9.17, 15) is 9.00 Å². The smallest absolute Gasteiger partial charge is 0.276 e. The van der Waals surface area contributed by atoms with E-state index in [1.807, 2.05) is 11.8 Å². The molecule has 3 N–H and O–H groups in total. The van der Waals surface area contributed by atoms with Crippen molar-refractivity contribution in [1.82, 2.24) is 20.2 Å². The quantitative estimate of drug-likeness (QED) is 0.305. The van der Waals surface area contributed by atoms with Gasteiger partial charge in [0.15, 0.2) is 5.69 Å². The highest BCUT2D eigenvalue weighted by atomic mass is 35.5. The number of pyridine rings is 2. The monoisotopic (exact) mass is 559 g/mol. The van der Waals surface area contributed by atoms with Crippen LogP contribution in [0.15, 0.2) is 48.9 Å². The third-order valence-corrected chi connectivity index (χ3v) is 8.36. The highest BCUT2D eigenvalue weighted by Gasteiger charge is 2.21. The van der Waals surface area contributed by atoms with Crippen molar-refractivity contribution in [2.45, 2.75) is 13.0 Å². The Hall–Kier alpha value is -3.41. The van der Waals surface area contributed by atoms with Crippen LogP contribution in [0.5, 0.6) is 5.75 Å². The number of anilines is 2. The van der Waals surface area contributed by atoms with Crippen LogP contribution in [-0.4, -0.2) is 54.9 Å². The van der Waals surface area contributed by atoms with Crippen molar-refractivity contribution in [3.63, 3.8) is 0 Å². The van der Waals surface area contributed by atoms with E-state index < -0.39 is 21.7 Å². The van der Waals surface area contributed by atoms with Gasteiger partial charge in [-0.05, 0) is 37.3 Å². The number of H-pyrrole nitrogens is 1. The molecule has 4 aromatic rings. The maximum absolute atomic E-state index is 13.0. The molecule has 3 aromatic heterocycles. The van der Waals surface area contributed by atoms with Gasteiger partial charge in [-0.25, -0.2) is 9.19 Å². The Morgan fingerprint density at radius 2 is 1.89 bits per heavy atom. The average molecular weight is 560 g/mol. The molecule has 1 atom stereocenters. The zero-order valence-corrected chi connectivity index (χ0v) is 22.0. The first-order valence-corrected chi connectivity index (χ1v) is 14.1. The van der Waals surface area contributed by atoms with Gasteiger partial charge in [0.2, 0.25) is 0 Å². The van der Waals surface area contributed by atoms with Gasteiger partial charge in [0.05, 0.1) is 27.4 Å². The lowest BCUT2D eigenvalue weighted by molar-refractivity contribution is 0.102. The molecule has 0 spiro atoms. The SMILES string of the molecule is CC(Oc1ccc2[nH]nc(C(=O)Nc3ccc(N4CCS(=N)(=O)CC4)nc3)c2c1)c1c(Cl)cncc1Cl. The van der Waals surface area contributed by atoms with E-state index in [0.717, 1.165) is 0 Å². The van der Waals surface area contributed by atoms with Gasteiger partial charge in [-0.3, -0.25) is 19.7 Å². The van der Waals surface area contributed by atoms with Crippen LogP contribution in [0.3, 0.4) is 0 Å². The summed E-state index contributed by atoms with van der Waals surface area (Å²) in [6, 6.07) is 8.82. The van der Waals surface area contributed by atoms with Crippen LogP contribution in [0.1, 0.15) is 29.1 Å². The largest absolute Gasteiger partial charge is 0.486 e. The van der Waals surface area contributed by atoms with Gasteiger partial charge in [0, 0.05) is 57.7 Å². The number of hydrogen-bond acceptors (Lipinski definition) is 8. The summed E-state index contributed by atoms with van der Waals surface area (Å²) in [5.41, 5.74) is 2.01. The van der Waals surface area contributed by atoms with E-state index in [2.05, 4.69) is 25.5 Å². The summed E-state index contributed by atoms with van der Waals surface area (Å²) >= 11 is 12.5. The number of ether oxygens (including phenoxy) is 1. The molecule has 5 rings (SSSR count). The van der Waals surface area contributed by atoms with Crippen LogP contribution >= 0.6 is 23.2 Å². The average Bonchev–Trinajstić information content (AvgIpc) is 3.28. The fraction of sp³-hybridized carbons (Fsp3) is 0.250. The van der Waals surface area contributed by atoms with Crippen LogP contribution < -0.4 is 15.0 Å². The minimum absolute atomic E-state index is 0.207. The molecule has 1 aliphatic rings. The Bertz CT molecular complexity index is 1540. The van der Waals surface area contributed by atoms with Gasteiger partial charge in [-0.2, -0.15) is 5.10 Å². The van der Waals surface area contributed by atoms with Crippen LogP contribution in [0.25, 0.3) is 10.9 Å². The zero-order chi connectivity index (χ0) is 26.2. The molecule has 1 saturated heterocycles. The van der Waals surface area contributed by atoms with Crippen molar-refractivity contribution in [1.29, 1.82) is 4.78 Å². The Morgan fingerprint density at radius 1 is 1.16 bits per heavy atom. The van der Waals surface area contributed by atoms with Crippen molar-refractivity contribution >= 4 is 61.2 Å². The summed E-state index contributed by atoms with van der Waals surface area (Å²) in [6.07, 6.45) is 4.12. The predicted octanol–water partition coefficient (Wildman–Crippen LogP) is 4.92. The lowest BCUT2D eigenvalue weighted by atomic mass is 10.1. The summed E-state index contributed by atoms with van der Waals surface area (Å²) in [6.45, 7) is 2.86. The van der Waals surface area contributed by atoms with Crippen molar-refractivity contribution in [3.05, 3.63) is 70.2 Å². The Kier molecular flexibility index (Phi) is 6.93. The number of carbonyl (C=O) groups excluding carboxylic acids is 1. The second kappa shape index (κ2) is 10.2. The molecule has 1 fully saturated rings. The lowest BCUT2D eigenvalue weighted by Gasteiger charge is -2.28. The van der Waals surface area contributed by atoms with E-state index in [0.29, 0.717) is 68.4 Å². The van der Waals surface area contributed by atoms with Crippen LogP contribution in [0.2, 0.25) is 10.0 Å². The van der Waals surface area contributed by atoms with Crippen molar-refractivity contribution in [3.8, 4) is 5.75 Å². The molecule has 0 radical (unpaired) electrons. The topological polar surface area (TPSA) is 137 Å². The Balaban J connectivity index is 1.30. The standard InChI is InChI=1S/C24H23Cl2N7O3S/c1-14(22-18(25)12-28-13-19(22)26)36-16-3-4-20-17(10-16)23(32-31-20)24(34)30-15-2-5-21(29-11-15)33-6-8-37(27,35)9-7-33/h2-5,10-14,27H,6-9H2,1H3,(H,30,34)(H,31,32). The van der Waals surface area contributed by atoms with Crippen molar-refractivity contribution < 1.29 is 13.7 Å². The fourth-order valence-electron chi connectivity index (χ4n) is 4.11. The molecule has 1 amide bonds. The number of aromatic amines is 1. The summed E-state index contributed by atoms with van der Waals surface area (Å²) in [7, 11) is -2.48. The molecule has 192 valence electrons. The molecule has 0 bridgehead atoms. The van der Waals surface area contributed by atoms with Crippen LogP contribution in [-0.2, 0) is 9.73 Å². The Labute approximate surface area is 223 Å². The van der Waals surface area contributed by atoms with Gasteiger partial charge in [0.25, 0.3) is 5.91 Å². The number of nitrogens with zero attached hydrogens (tertiary/aromatic N) is 4. The van der Waals surface area contributed by atoms with E-state index in [1.54, 1.807) is 36.5 Å². The van der Waals surface area contributed by atoms with E-state index >= 15 is 0 Å². The highest BCUT2D eigenvalue weighted by molar-refractivity contribution is 7.92. The summed E-state index contributed by atoms with van der Waals surface area (Å²) in [5.74, 6) is 1.48. The molecule has 4 heterocycles. The molecule has 10 nitrogen and oxygen atoms in total. The minimum atomic E-state index is -2.48. The van der Waals surface area contributed by atoms with Crippen LogP contribution in [0, 0.1) is 4.78 Å². The second-order valence-corrected chi connectivity index (χ2v) is 11.9. The van der Waals surface area contributed by atoms with E-state index in [4.69, 9.17) is 32.7 Å². The third kappa shape index (κ3) is 5.48. The van der Waals surface area contributed by atoms with Crippen LogP contribution in [0.4, 0.5) is 11.5 Å². The first-order valence-electron chi connectivity index (χ1n) is 11.4. The van der Waals surface area contributed by atoms with Crippen molar-refractivity contribution in [2.75, 3.05) is 34.8 Å². The summed E-state index contributed by atoms with van der Waals surface area (Å²) in [5, 5.41) is 11.3. The third-order valence-electron chi connectivity index (χ3n) is 6.07. The molecular formula is C24H23Cl2N7O3S. The van der Waals surface area contributed by atoms with Gasteiger partial charge in [-0.1, -0.05) is 23.2 Å². The molecule has 1 aromatic carbocycles. The molecule has 0 aliphatic carbocycles. The van der Waals surface area contributed by atoms with Gasteiger partial charge in [-0.15, -0.1) is 0 Å². The maximum Gasteiger partial charge on any atom is 0.276 e. The normalized spacial score (nSPS) is 15.9. The number of carbonyl (C=O) groups is 1. The number of benzene rings is 1. The first-order chi connectivity index (χ1) is 17.7. The number of halogens is 2. The summed E-state index contributed by atoms with van der Waals surface area (Å²) < 4.78 is 25.7. The molecular weight excluding hydrogens is 537 g/mol. The molecule has 1 aliphatic heterocycles. The first kappa shape index (κ1) is 25.2. The zero-order valence-electron chi connectivity index (χ0n) is 19.7. The van der Waals surface area contributed by atoms with Crippen molar-refractivity contribution in [2.24, 2.45) is 0 Å². The highest BCUT2D eigenvalue weighted by Crippen LogP contribution is 2.33. The number of rotatable bonds is 6. The van der Waals surface area contributed by atoms with Gasteiger partial charge < -0.3 is 15.0 Å². The molecule has 1 unspecified atom stereocenters. The predicted molar refractivity (Wildman–Crippen MR) is 144 cm³/mol. The van der Waals surface area contributed by atoms with Gasteiger partial charge >= 0.3 is 0 Å². The number of fused-ring (bicyclic) bond motifs is 1. The molecule has 13 heteroatoms. The maximum atomic E-state index is 13.0. The Morgan fingerprint density at radius 3 is 2.57 bits per heavy atom. The van der Waals surface area contributed by atoms with E-state index in [1.165, 1.54) is 12.4 Å². The number of aromatic nitrogens is 4. The fourth-order valence-corrected chi connectivity index (χ4v) is 6.01. The van der Waals surface area contributed by atoms with Gasteiger partial charge in [0.1, 0.15) is 17.7 Å². The number of hydrogen-bond donors (Lipinski definition) is 3. The lowest BCUT2D eigenvalue weighted by Crippen LogP contribution is -2.40. The number of nitrogens with one attached hydrogen (secondary N) is 3. The minimum Gasteiger partial charge on any atom is -0.486 e. The number of amides is 1.